The molecule has 3 aromatic rings. The molecule has 1 aliphatic heterocycles. The number of nitrogens with one attached hydrogen (secondary N) is 1. The molecule has 0 bridgehead atoms. The van der Waals surface area contributed by atoms with Gasteiger partial charge in [-0.2, -0.15) is 0 Å². The summed E-state index contributed by atoms with van der Waals surface area (Å²) in [5, 5.41) is 7.90. The van der Waals surface area contributed by atoms with Crippen LogP contribution in [0.2, 0.25) is 0 Å². The van der Waals surface area contributed by atoms with E-state index in [-0.39, 0.29) is 11.6 Å². The summed E-state index contributed by atoms with van der Waals surface area (Å²) in [6.07, 6.45) is 1.68. The molecular formula is C16H18N6O3. The first-order valence-electron chi connectivity index (χ1n) is 8.05. The first-order chi connectivity index (χ1) is 12.2. The lowest BCUT2D eigenvalue weighted by atomic mass is 10.1. The zero-order valence-corrected chi connectivity index (χ0v) is 13.8. The van der Waals surface area contributed by atoms with Crippen molar-refractivity contribution in [1.82, 2.24) is 29.2 Å². The van der Waals surface area contributed by atoms with Gasteiger partial charge in [0, 0.05) is 25.8 Å². The fraction of sp³-hybridized carbons (Fsp3) is 0.375. The van der Waals surface area contributed by atoms with Crippen LogP contribution in [0.15, 0.2) is 29.3 Å². The van der Waals surface area contributed by atoms with Crippen LogP contribution in [0.25, 0.3) is 11.0 Å². The van der Waals surface area contributed by atoms with Crippen LogP contribution < -0.4 is 5.69 Å². The van der Waals surface area contributed by atoms with E-state index in [2.05, 4.69) is 15.2 Å². The summed E-state index contributed by atoms with van der Waals surface area (Å²) in [7, 11) is 1.59. The number of benzene rings is 1. The molecule has 3 heterocycles. The number of fused-ring (bicyclic) bond motifs is 2. The number of nitrogens with zero attached hydrogens (tertiary/aromatic N) is 5. The van der Waals surface area contributed by atoms with Crippen LogP contribution in [0.1, 0.15) is 16.2 Å². The Balaban J connectivity index is 1.61. The molecule has 0 saturated carbocycles. The highest BCUT2D eigenvalue weighted by atomic mass is 16.5. The molecule has 25 heavy (non-hydrogen) atoms. The van der Waals surface area contributed by atoms with E-state index in [1.807, 2.05) is 4.57 Å². The Kier molecular flexibility index (Phi) is 3.85. The van der Waals surface area contributed by atoms with Crippen molar-refractivity contribution in [3.05, 3.63) is 46.4 Å². The van der Waals surface area contributed by atoms with Gasteiger partial charge in [0.2, 0.25) is 0 Å². The van der Waals surface area contributed by atoms with Gasteiger partial charge in [-0.05, 0) is 18.2 Å². The van der Waals surface area contributed by atoms with Gasteiger partial charge in [0.05, 0.1) is 30.7 Å². The summed E-state index contributed by atoms with van der Waals surface area (Å²) >= 11 is 0. The molecule has 0 fully saturated rings. The maximum atomic E-state index is 12.8. The molecule has 9 heteroatoms. The molecule has 1 aliphatic rings. The van der Waals surface area contributed by atoms with Crippen LogP contribution in [-0.4, -0.2) is 55.4 Å². The van der Waals surface area contributed by atoms with Crippen molar-refractivity contribution >= 4 is 16.9 Å². The Labute approximate surface area is 142 Å². The van der Waals surface area contributed by atoms with Gasteiger partial charge in [-0.25, -0.2) is 4.79 Å². The van der Waals surface area contributed by atoms with Crippen molar-refractivity contribution in [3.8, 4) is 0 Å². The van der Waals surface area contributed by atoms with Crippen LogP contribution in [0.4, 0.5) is 0 Å². The number of carbonyl (C=O) groups is 1. The molecule has 0 spiro atoms. The minimum Gasteiger partial charge on any atom is -0.383 e. The van der Waals surface area contributed by atoms with Crippen LogP contribution in [0, 0.1) is 0 Å². The lowest BCUT2D eigenvalue weighted by Gasteiger charge is -2.27. The lowest BCUT2D eigenvalue weighted by molar-refractivity contribution is 0.0707. The normalized spacial score (nSPS) is 14.0. The largest absolute Gasteiger partial charge is 0.383 e. The minimum absolute atomic E-state index is 0.0818. The molecule has 0 saturated heterocycles. The number of hydrogen-bond donors (Lipinski definition) is 1. The molecule has 1 aromatic carbocycles. The van der Waals surface area contributed by atoms with Gasteiger partial charge in [-0.15, -0.1) is 10.2 Å². The van der Waals surface area contributed by atoms with Gasteiger partial charge < -0.3 is 19.2 Å². The Hall–Kier alpha value is -2.94. The van der Waals surface area contributed by atoms with E-state index in [0.717, 1.165) is 11.3 Å². The number of ether oxygens (including phenoxy) is 1. The highest BCUT2D eigenvalue weighted by molar-refractivity contribution is 5.97. The predicted octanol–water partition coefficient (Wildman–Crippen LogP) is 0.224. The molecule has 4 rings (SSSR count). The quantitative estimate of drug-likeness (QED) is 0.731. The number of rotatable bonds is 4. The third-order valence-corrected chi connectivity index (χ3v) is 4.47. The van der Waals surface area contributed by atoms with Crippen molar-refractivity contribution in [2.24, 2.45) is 0 Å². The smallest absolute Gasteiger partial charge is 0.326 e. The lowest BCUT2D eigenvalue weighted by Crippen LogP contribution is -2.38. The second-order valence-corrected chi connectivity index (χ2v) is 5.97. The van der Waals surface area contributed by atoms with Crippen LogP contribution in [0.3, 0.4) is 0 Å². The molecule has 0 atom stereocenters. The number of imidazole rings is 1. The Bertz CT molecular complexity index is 985. The van der Waals surface area contributed by atoms with Gasteiger partial charge in [0.1, 0.15) is 6.33 Å². The summed E-state index contributed by atoms with van der Waals surface area (Å²) in [5.41, 5.74) is 1.74. The van der Waals surface area contributed by atoms with Crippen LogP contribution >= 0.6 is 0 Å². The summed E-state index contributed by atoms with van der Waals surface area (Å²) in [6.45, 7) is 2.63. The summed E-state index contributed by atoms with van der Waals surface area (Å²) in [5.74, 6) is 0.696. The zero-order chi connectivity index (χ0) is 17.4. The monoisotopic (exact) mass is 342 g/mol. The third kappa shape index (κ3) is 2.72. The van der Waals surface area contributed by atoms with E-state index < -0.39 is 0 Å². The number of aromatic amines is 1. The van der Waals surface area contributed by atoms with Gasteiger partial charge in [0.25, 0.3) is 5.91 Å². The van der Waals surface area contributed by atoms with Gasteiger partial charge in [0.15, 0.2) is 5.82 Å². The van der Waals surface area contributed by atoms with Crippen molar-refractivity contribution in [1.29, 1.82) is 0 Å². The van der Waals surface area contributed by atoms with E-state index in [1.165, 1.54) is 0 Å². The SMILES string of the molecule is COCCn1c(=O)[nH]c2cc(C(=O)N3CCn4cnnc4C3)ccc21. The summed E-state index contributed by atoms with van der Waals surface area (Å²) in [6, 6.07) is 5.27. The Morgan fingerprint density at radius 2 is 2.24 bits per heavy atom. The van der Waals surface area contributed by atoms with Crippen molar-refractivity contribution < 1.29 is 9.53 Å². The standard InChI is InChI=1S/C16H18N6O3/c1-25-7-6-22-13-3-2-11(8-12(13)18-16(22)24)15(23)20-4-5-21-10-17-19-14(21)9-20/h2-3,8,10H,4-7,9H2,1H3,(H,18,24). The Morgan fingerprint density at radius 1 is 1.36 bits per heavy atom. The van der Waals surface area contributed by atoms with Crippen molar-refractivity contribution in [2.75, 3.05) is 20.3 Å². The highest BCUT2D eigenvalue weighted by Crippen LogP contribution is 2.17. The first-order valence-corrected chi connectivity index (χ1v) is 8.05. The van der Waals surface area contributed by atoms with Crippen LogP contribution in [0.5, 0.6) is 0 Å². The summed E-state index contributed by atoms with van der Waals surface area (Å²) < 4.78 is 8.59. The molecule has 1 amide bonds. The molecule has 9 nitrogen and oxygen atoms in total. The van der Waals surface area contributed by atoms with E-state index in [0.29, 0.717) is 43.9 Å². The number of amides is 1. The second kappa shape index (κ2) is 6.17. The maximum Gasteiger partial charge on any atom is 0.326 e. The van der Waals surface area contributed by atoms with E-state index in [1.54, 1.807) is 41.1 Å². The predicted molar refractivity (Wildman–Crippen MR) is 89.2 cm³/mol. The fourth-order valence-corrected chi connectivity index (χ4v) is 3.12. The molecule has 0 radical (unpaired) electrons. The first kappa shape index (κ1) is 15.6. The number of aromatic nitrogens is 5. The zero-order valence-electron chi connectivity index (χ0n) is 13.8. The van der Waals surface area contributed by atoms with Gasteiger partial charge >= 0.3 is 5.69 Å². The van der Waals surface area contributed by atoms with Crippen molar-refractivity contribution in [2.45, 2.75) is 19.6 Å². The van der Waals surface area contributed by atoms with E-state index in [9.17, 15) is 9.59 Å². The highest BCUT2D eigenvalue weighted by Gasteiger charge is 2.23. The second-order valence-electron chi connectivity index (χ2n) is 5.97. The summed E-state index contributed by atoms with van der Waals surface area (Å²) in [4.78, 5) is 29.4. The number of H-pyrrole nitrogens is 1. The molecule has 0 unspecified atom stereocenters. The van der Waals surface area contributed by atoms with E-state index in [4.69, 9.17) is 4.74 Å². The number of hydrogen-bond acceptors (Lipinski definition) is 5. The van der Waals surface area contributed by atoms with Crippen molar-refractivity contribution in [3.63, 3.8) is 0 Å². The average Bonchev–Trinajstić information content (AvgIpc) is 3.21. The maximum absolute atomic E-state index is 12.8. The van der Waals surface area contributed by atoms with Gasteiger partial charge in [-0.3, -0.25) is 9.36 Å². The number of methoxy groups -OCH3 is 1. The van der Waals surface area contributed by atoms with E-state index >= 15 is 0 Å². The van der Waals surface area contributed by atoms with Crippen LogP contribution in [-0.2, 0) is 24.4 Å². The average molecular weight is 342 g/mol. The fourth-order valence-electron chi connectivity index (χ4n) is 3.12. The molecule has 1 N–H and O–H groups in total. The Morgan fingerprint density at radius 3 is 3.08 bits per heavy atom. The molecule has 0 aliphatic carbocycles. The molecule has 130 valence electrons. The molecule has 2 aromatic heterocycles. The topological polar surface area (TPSA) is 98.0 Å². The number of carbonyl (C=O) groups excluding carboxylic acids is 1. The van der Waals surface area contributed by atoms with Gasteiger partial charge in [-0.1, -0.05) is 0 Å². The third-order valence-electron chi connectivity index (χ3n) is 4.47. The molecular weight excluding hydrogens is 324 g/mol. The minimum atomic E-state index is -0.206.